The third-order valence-electron chi connectivity index (χ3n) is 5.08. The van der Waals surface area contributed by atoms with Gasteiger partial charge in [-0.1, -0.05) is 29.4 Å². The highest BCUT2D eigenvalue weighted by molar-refractivity contribution is 7.99. The van der Waals surface area contributed by atoms with Gasteiger partial charge in [-0.15, -0.1) is 0 Å². The van der Waals surface area contributed by atoms with E-state index in [4.69, 9.17) is 25.8 Å². The Morgan fingerprint density at radius 3 is 2.85 bits per heavy atom. The van der Waals surface area contributed by atoms with Crippen molar-refractivity contribution in [3.63, 3.8) is 0 Å². The summed E-state index contributed by atoms with van der Waals surface area (Å²) >= 11 is 7.28. The average molecular weight is 490 g/mol. The molecule has 0 aliphatic carbocycles. The molecule has 1 aliphatic rings. The van der Waals surface area contributed by atoms with Gasteiger partial charge in [0.15, 0.2) is 16.7 Å². The van der Waals surface area contributed by atoms with E-state index in [9.17, 15) is 9.59 Å². The first-order valence-corrected chi connectivity index (χ1v) is 11.9. The molecule has 0 fully saturated rings. The Kier molecular flexibility index (Phi) is 7.74. The summed E-state index contributed by atoms with van der Waals surface area (Å²) in [7, 11) is 1.57. The number of ether oxygens (including phenoxy) is 3. The van der Waals surface area contributed by atoms with Gasteiger partial charge in [-0.25, -0.2) is 4.98 Å². The third kappa shape index (κ3) is 5.79. The summed E-state index contributed by atoms with van der Waals surface area (Å²) in [5.74, 6) is 1.47. The number of carbonyl (C=O) groups excluding carboxylic acids is 1. The Labute approximate surface area is 200 Å². The van der Waals surface area contributed by atoms with Gasteiger partial charge in [0.2, 0.25) is 5.91 Å². The Bertz CT molecular complexity index is 1220. The summed E-state index contributed by atoms with van der Waals surface area (Å²) in [5, 5.41) is 4.34. The van der Waals surface area contributed by atoms with Crippen molar-refractivity contribution in [1.29, 1.82) is 0 Å². The highest BCUT2D eigenvalue weighted by Gasteiger charge is 2.14. The van der Waals surface area contributed by atoms with Gasteiger partial charge in [0.25, 0.3) is 5.56 Å². The van der Waals surface area contributed by atoms with Gasteiger partial charge in [0, 0.05) is 18.7 Å². The maximum Gasteiger partial charge on any atom is 0.262 e. The number of hydrogen-bond donors (Lipinski definition) is 1. The Morgan fingerprint density at radius 1 is 1.21 bits per heavy atom. The number of aromatic nitrogens is 2. The molecule has 0 atom stereocenters. The monoisotopic (exact) mass is 489 g/mol. The number of benzene rings is 2. The molecule has 0 radical (unpaired) electrons. The van der Waals surface area contributed by atoms with E-state index in [0.717, 1.165) is 17.1 Å². The van der Waals surface area contributed by atoms with Crippen LogP contribution in [0.4, 0.5) is 0 Å². The fourth-order valence-corrected chi connectivity index (χ4v) is 4.46. The molecule has 10 heteroatoms. The van der Waals surface area contributed by atoms with Crippen molar-refractivity contribution < 1.29 is 19.0 Å². The predicted molar refractivity (Wildman–Crippen MR) is 128 cm³/mol. The van der Waals surface area contributed by atoms with E-state index in [1.165, 1.54) is 16.3 Å². The zero-order valence-corrected chi connectivity index (χ0v) is 19.7. The van der Waals surface area contributed by atoms with E-state index >= 15 is 0 Å². The van der Waals surface area contributed by atoms with Crippen molar-refractivity contribution in [2.45, 2.75) is 18.1 Å². The first-order valence-electron chi connectivity index (χ1n) is 10.5. The van der Waals surface area contributed by atoms with Gasteiger partial charge in [0.1, 0.15) is 13.2 Å². The number of fused-ring (bicyclic) bond motifs is 2. The summed E-state index contributed by atoms with van der Waals surface area (Å²) in [6.45, 7) is 2.27. The number of rotatable bonds is 9. The molecule has 174 valence electrons. The molecule has 0 spiro atoms. The van der Waals surface area contributed by atoms with Gasteiger partial charge < -0.3 is 19.5 Å². The minimum atomic E-state index is -0.185. The second-order valence-corrected chi connectivity index (χ2v) is 8.75. The molecule has 2 aromatic carbocycles. The number of thioether (sulfide) groups is 1. The van der Waals surface area contributed by atoms with E-state index < -0.39 is 0 Å². The lowest BCUT2D eigenvalue weighted by Gasteiger charge is -2.18. The molecule has 4 rings (SSSR count). The zero-order chi connectivity index (χ0) is 23.2. The predicted octanol–water partition coefficient (Wildman–Crippen LogP) is 2.92. The molecule has 2 heterocycles. The number of carbonyl (C=O) groups is 1. The first kappa shape index (κ1) is 23.4. The van der Waals surface area contributed by atoms with Gasteiger partial charge in [0.05, 0.1) is 29.8 Å². The van der Waals surface area contributed by atoms with Crippen molar-refractivity contribution in [3.05, 3.63) is 57.3 Å². The lowest BCUT2D eigenvalue weighted by molar-refractivity contribution is -0.118. The summed E-state index contributed by atoms with van der Waals surface area (Å²) in [6.07, 6.45) is 0.665. The molecule has 33 heavy (non-hydrogen) atoms. The van der Waals surface area contributed by atoms with Crippen molar-refractivity contribution in [1.82, 2.24) is 14.9 Å². The summed E-state index contributed by atoms with van der Waals surface area (Å²) in [5.41, 5.74) is 1.37. The number of nitrogens with one attached hydrogen (secondary N) is 1. The van der Waals surface area contributed by atoms with Crippen molar-refractivity contribution in [3.8, 4) is 11.5 Å². The number of nitrogens with zero attached hydrogens (tertiary/aromatic N) is 2. The standard InChI is InChI=1S/C23H24ClN3O5S/c1-30-9-8-27-22(29)17-4-3-16(24)13-18(17)26-23(27)33-14-21(28)25-7-6-15-2-5-19-20(12-15)32-11-10-31-19/h2-5,12-13H,6-11,14H2,1H3,(H,25,28). The molecule has 0 saturated heterocycles. The first-order chi connectivity index (χ1) is 16.0. The van der Waals surface area contributed by atoms with Crippen LogP contribution < -0.4 is 20.3 Å². The van der Waals surface area contributed by atoms with Crippen LogP contribution in [0, 0.1) is 0 Å². The highest BCUT2D eigenvalue weighted by atomic mass is 35.5. The highest BCUT2D eigenvalue weighted by Crippen LogP contribution is 2.30. The van der Waals surface area contributed by atoms with Crippen LogP contribution in [-0.4, -0.2) is 54.7 Å². The second-order valence-electron chi connectivity index (χ2n) is 7.37. The number of hydrogen-bond acceptors (Lipinski definition) is 7. The molecule has 1 aliphatic heterocycles. The molecular weight excluding hydrogens is 466 g/mol. The minimum absolute atomic E-state index is 0.132. The lowest BCUT2D eigenvalue weighted by Crippen LogP contribution is -2.29. The fourth-order valence-electron chi connectivity index (χ4n) is 3.43. The van der Waals surface area contributed by atoms with Crippen molar-refractivity contribution in [2.75, 3.05) is 39.2 Å². The molecule has 1 aromatic heterocycles. The van der Waals surface area contributed by atoms with Crippen LogP contribution in [0.1, 0.15) is 5.56 Å². The van der Waals surface area contributed by atoms with Crippen LogP contribution in [0.3, 0.4) is 0 Å². The molecule has 1 N–H and O–H groups in total. The topological polar surface area (TPSA) is 91.7 Å². The Hall–Kier alpha value is -2.75. The number of amides is 1. The van der Waals surface area contributed by atoms with E-state index in [2.05, 4.69) is 10.3 Å². The smallest absolute Gasteiger partial charge is 0.262 e. The summed E-state index contributed by atoms with van der Waals surface area (Å²) in [4.78, 5) is 29.9. The van der Waals surface area contributed by atoms with Crippen LogP contribution in [0.25, 0.3) is 10.9 Å². The largest absolute Gasteiger partial charge is 0.486 e. The molecule has 1 amide bonds. The van der Waals surface area contributed by atoms with Crippen LogP contribution in [-0.2, 0) is 22.5 Å². The van der Waals surface area contributed by atoms with E-state index in [1.807, 2.05) is 18.2 Å². The Morgan fingerprint density at radius 2 is 2.03 bits per heavy atom. The molecule has 0 saturated carbocycles. The third-order valence-corrected chi connectivity index (χ3v) is 6.29. The number of halogens is 1. The van der Waals surface area contributed by atoms with Gasteiger partial charge in [-0.3, -0.25) is 14.2 Å². The van der Waals surface area contributed by atoms with Crippen LogP contribution in [0.15, 0.2) is 46.3 Å². The summed E-state index contributed by atoms with van der Waals surface area (Å²) in [6, 6.07) is 10.8. The fraction of sp³-hybridized carbons (Fsp3) is 0.348. The van der Waals surface area contributed by atoms with Crippen LogP contribution in [0.2, 0.25) is 5.02 Å². The average Bonchev–Trinajstić information content (AvgIpc) is 2.82. The molecule has 3 aromatic rings. The summed E-state index contributed by atoms with van der Waals surface area (Å²) < 4.78 is 17.8. The normalized spacial score (nSPS) is 12.7. The minimum Gasteiger partial charge on any atom is -0.486 e. The van der Waals surface area contributed by atoms with Gasteiger partial charge in [-0.2, -0.15) is 0 Å². The lowest BCUT2D eigenvalue weighted by atomic mass is 10.1. The Balaban J connectivity index is 1.38. The van der Waals surface area contributed by atoms with Crippen molar-refractivity contribution in [2.24, 2.45) is 0 Å². The molecule has 8 nitrogen and oxygen atoms in total. The van der Waals surface area contributed by atoms with Crippen LogP contribution in [0.5, 0.6) is 11.5 Å². The SMILES string of the molecule is COCCn1c(SCC(=O)NCCc2ccc3c(c2)OCCO3)nc2cc(Cl)ccc2c1=O. The molecule has 0 bridgehead atoms. The number of methoxy groups -OCH3 is 1. The van der Waals surface area contributed by atoms with E-state index in [0.29, 0.717) is 60.4 Å². The zero-order valence-electron chi connectivity index (χ0n) is 18.1. The maximum absolute atomic E-state index is 12.9. The van der Waals surface area contributed by atoms with Gasteiger partial charge >= 0.3 is 0 Å². The second kappa shape index (κ2) is 10.9. The molecule has 0 unspecified atom stereocenters. The molecular formula is C23H24ClN3O5S. The van der Waals surface area contributed by atoms with Crippen LogP contribution >= 0.6 is 23.4 Å². The van der Waals surface area contributed by atoms with Gasteiger partial charge in [-0.05, 0) is 42.3 Å². The quantitative estimate of drug-likeness (QED) is 0.365. The van der Waals surface area contributed by atoms with E-state index in [1.54, 1.807) is 25.3 Å². The van der Waals surface area contributed by atoms with E-state index in [-0.39, 0.29) is 17.2 Å². The maximum atomic E-state index is 12.9. The van der Waals surface area contributed by atoms with Crippen molar-refractivity contribution >= 4 is 40.2 Å².